The average molecular weight is 374 g/mol. The Morgan fingerprint density at radius 1 is 0.964 bits per heavy atom. The first-order chi connectivity index (χ1) is 13.6. The van der Waals surface area contributed by atoms with Gasteiger partial charge in [-0.15, -0.1) is 0 Å². The molecule has 0 unspecified atom stereocenters. The van der Waals surface area contributed by atoms with Gasteiger partial charge in [-0.1, -0.05) is 42.5 Å². The summed E-state index contributed by atoms with van der Waals surface area (Å²) in [4.78, 5) is 35.3. The molecule has 0 atom stereocenters. The highest BCUT2D eigenvalue weighted by Gasteiger charge is 2.15. The first kappa shape index (κ1) is 17.7. The number of imidazole rings is 1. The third-order valence-corrected chi connectivity index (χ3v) is 4.94. The second kappa shape index (κ2) is 7.15. The van der Waals surface area contributed by atoms with Gasteiger partial charge in [0.25, 0.3) is 0 Å². The largest absolute Gasteiger partial charge is 0.481 e. The molecule has 28 heavy (non-hydrogen) atoms. The van der Waals surface area contributed by atoms with Crippen LogP contribution in [0.1, 0.15) is 22.3 Å². The number of rotatable bonds is 6. The first-order valence-electron chi connectivity index (χ1n) is 8.95. The smallest absolute Gasteiger partial charge is 0.329 e. The van der Waals surface area contributed by atoms with Crippen LogP contribution in [0.25, 0.3) is 21.8 Å². The fourth-order valence-corrected chi connectivity index (χ4v) is 3.59. The predicted octanol–water partition coefficient (Wildman–Crippen LogP) is 3.29. The van der Waals surface area contributed by atoms with E-state index in [9.17, 15) is 14.4 Å². The van der Waals surface area contributed by atoms with Gasteiger partial charge in [0.05, 0.1) is 24.0 Å². The van der Waals surface area contributed by atoms with Gasteiger partial charge in [0, 0.05) is 12.1 Å². The van der Waals surface area contributed by atoms with Crippen molar-refractivity contribution in [3.63, 3.8) is 0 Å². The molecule has 1 heterocycles. The van der Waals surface area contributed by atoms with E-state index >= 15 is 0 Å². The van der Waals surface area contributed by atoms with Crippen molar-refractivity contribution >= 4 is 34.1 Å². The van der Waals surface area contributed by atoms with Gasteiger partial charge in [-0.3, -0.25) is 18.7 Å². The van der Waals surface area contributed by atoms with Gasteiger partial charge in [-0.05, 0) is 34.5 Å². The van der Waals surface area contributed by atoms with Crippen LogP contribution < -0.4 is 5.69 Å². The molecule has 0 aliphatic rings. The molecular formula is C22H18N2O4. The van der Waals surface area contributed by atoms with Crippen molar-refractivity contribution < 1.29 is 14.7 Å². The Bertz CT molecular complexity index is 1260. The summed E-state index contributed by atoms with van der Waals surface area (Å²) in [7, 11) is 0. The van der Waals surface area contributed by atoms with Gasteiger partial charge in [0.15, 0.2) is 0 Å². The van der Waals surface area contributed by atoms with Crippen molar-refractivity contribution in [3.05, 3.63) is 82.3 Å². The Balaban J connectivity index is 1.88. The van der Waals surface area contributed by atoms with Crippen molar-refractivity contribution in [2.75, 3.05) is 0 Å². The Hall–Kier alpha value is -3.67. The highest BCUT2D eigenvalue weighted by Crippen LogP contribution is 2.22. The third kappa shape index (κ3) is 3.09. The zero-order valence-corrected chi connectivity index (χ0v) is 15.0. The third-order valence-electron chi connectivity index (χ3n) is 4.94. The fraction of sp³-hybridized carbons (Fsp3) is 0.136. The van der Waals surface area contributed by atoms with Crippen LogP contribution in [0.5, 0.6) is 0 Å². The van der Waals surface area contributed by atoms with Crippen LogP contribution in [0, 0.1) is 0 Å². The lowest BCUT2D eigenvalue weighted by Gasteiger charge is -2.08. The Labute approximate surface area is 160 Å². The molecule has 3 aromatic carbocycles. The van der Waals surface area contributed by atoms with E-state index in [2.05, 4.69) is 0 Å². The second-order valence-corrected chi connectivity index (χ2v) is 6.67. The Morgan fingerprint density at radius 2 is 1.75 bits per heavy atom. The van der Waals surface area contributed by atoms with E-state index in [0.29, 0.717) is 29.4 Å². The molecular weight excluding hydrogens is 356 g/mol. The van der Waals surface area contributed by atoms with E-state index in [1.807, 2.05) is 42.5 Å². The molecule has 6 nitrogen and oxygen atoms in total. The molecule has 0 bridgehead atoms. The maximum atomic E-state index is 13.1. The highest BCUT2D eigenvalue weighted by atomic mass is 16.4. The molecule has 1 aromatic heterocycles. The van der Waals surface area contributed by atoms with Crippen molar-refractivity contribution in [1.29, 1.82) is 0 Å². The molecule has 4 rings (SSSR count). The van der Waals surface area contributed by atoms with Crippen LogP contribution in [-0.4, -0.2) is 26.5 Å². The van der Waals surface area contributed by atoms with Gasteiger partial charge in [-0.2, -0.15) is 0 Å². The average Bonchev–Trinajstić information content (AvgIpc) is 2.97. The van der Waals surface area contributed by atoms with Gasteiger partial charge < -0.3 is 5.11 Å². The number of benzene rings is 3. The number of aromatic nitrogens is 2. The lowest BCUT2D eigenvalue weighted by atomic mass is 10.0. The van der Waals surface area contributed by atoms with Crippen LogP contribution in [0.15, 0.2) is 65.5 Å². The molecule has 6 heteroatoms. The van der Waals surface area contributed by atoms with Crippen LogP contribution in [-0.2, 0) is 17.9 Å². The molecule has 0 saturated carbocycles. The molecule has 0 saturated heterocycles. The van der Waals surface area contributed by atoms with Crippen molar-refractivity contribution in [2.24, 2.45) is 0 Å². The normalized spacial score (nSPS) is 11.1. The van der Waals surface area contributed by atoms with Gasteiger partial charge >= 0.3 is 11.7 Å². The zero-order valence-electron chi connectivity index (χ0n) is 15.0. The molecule has 0 radical (unpaired) electrons. The topological polar surface area (TPSA) is 81.3 Å². The number of fused-ring (bicyclic) bond motifs is 2. The molecule has 1 N–H and O–H groups in total. The Kier molecular flexibility index (Phi) is 4.53. The van der Waals surface area contributed by atoms with Crippen LogP contribution >= 0.6 is 0 Å². The second-order valence-electron chi connectivity index (χ2n) is 6.67. The van der Waals surface area contributed by atoms with E-state index < -0.39 is 5.97 Å². The maximum Gasteiger partial charge on any atom is 0.329 e. The van der Waals surface area contributed by atoms with Crippen molar-refractivity contribution in [1.82, 2.24) is 9.13 Å². The number of aliphatic carboxylic acids is 1. The number of hydrogen-bond donors (Lipinski definition) is 1. The fourth-order valence-electron chi connectivity index (χ4n) is 3.59. The van der Waals surface area contributed by atoms with E-state index in [1.54, 1.807) is 22.8 Å². The quantitative estimate of drug-likeness (QED) is 0.525. The number of aryl methyl sites for hydroxylation is 1. The summed E-state index contributed by atoms with van der Waals surface area (Å²) < 4.78 is 3.06. The minimum absolute atomic E-state index is 0.0511. The summed E-state index contributed by atoms with van der Waals surface area (Å²) >= 11 is 0. The highest BCUT2D eigenvalue weighted by molar-refractivity contribution is 5.87. The molecule has 0 aliphatic carbocycles. The predicted molar refractivity (Wildman–Crippen MR) is 107 cm³/mol. The minimum Gasteiger partial charge on any atom is -0.481 e. The summed E-state index contributed by atoms with van der Waals surface area (Å²) in [6.07, 6.45) is 0.548. The van der Waals surface area contributed by atoms with E-state index in [-0.39, 0.29) is 18.7 Å². The number of nitrogens with zero attached hydrogens (tertiary/aromatic N) is 2. The summed E-state index contributed by atoms with van der Waals surface area (Å²) in [5.41, 5.74) is 2.40. The number of carboxylic acids is 1. The molecule has 0 amide bonds. The lowest BCUT2D eigenvalue weighted by Crippen LogP contribution is -2.25. The standard InChI is InChI=1S/C22H18N2O4/c25-14-15-8-9-19-20(12-15)23(11-10-21(26)27)22(28)24(19)13-17-6-3-5-16-4-1-2-7-18(16)17/h1-9,12,14H,10-11,13H2,(H,26,27). The summed E-state index contributed by atoms with van der Waals surface area (Å²) in [5, 5.41) is 11.2. The number of carbonyl (C=O) groups excluding carboxylic acids is 1. The van der Waals surface area contributed by atoms with Crippen LogP contribution in [0.3, 0.4) is 0 Å². The zero-order chi connectivity index (χ0) is 19.7. The van der Waals surface area contributed by atoms with Crippen LogP contribution in [0.2, 0.25) is 0 Å². The minimum atomic E-state index is -0.978. The number of carboxylic acid groups (broad SMARTS) is 1. The first-order valence-corrected chi connectivity index (χ1v) is 8.95. The summed E-state index contributed by atoms with van der Waals surface area (Å²) in [6, 6.07) is 19.0. The number of hydrogen-bond acceptors (Lipinski definition) is 3. The molecule has 140 valence electrons. The molecule has 0 fully saturated rings. The molecule has 4 aromatic rings. The molecule has 0 aliphatic heterocycles. The SMILES string of the molecule is O=Cc1ccc2c(c1)n(CCC(=O)O)c(=O)n2Cc1cccc2ccccc12. The monoisotopic (exact) mass is 374 g/mol. The molecule has 0 spiro atoms. The Morgan fingerprint density at radius 3 is 2.54 bits per heavy atom. The van der Waals surface area contributed by atoms with Gasteiger partial charge in [0.1, 0.15) is 6.29 Å². The van der Waals surface area contributed by atoms with E-state index in [4.69, 9.17) is 5.11 Å². The van der Waals surface area contributed by atoms with Gasteiger partial charge in [-0.25, -0.2) is 4.79 Å². The van der Waals surface area contributed by atoms with E-state index in [1.165, 1.54) is 4.57 Å². The van der Waals surface area contributed by atoms with Crippen LogP contribution in [0.4, 0.5) is 0 Å². The van der Waals surface area contributed by atoms with Crippen molar-refractivity contribution in [2.45, 2.75) is 19.5 Å². The van der Waals surface area contributed by atoms with Gasteiger partial charge in [0.2, 0.25) is 0 Å². The number of aldehydes is 1. The summed E-state index contributed by atoms with van der Waals surface area (Å²) in [6.45, 7) is 0.409. The van der Waals surface area contributed by atoms with E-state index in [0.717, 1.165) is 16.3 Å². The maximum absolute atomic E-state index is 13.1. The lowest BCUT2D eigenvalue weighted by molar-refractivity contribution is -0.137. The number of carbonyl (C=O) groups is 2. The van der Waals surface area contributed by atoms with Crippen molar-refractivity contribution in [3.8, 4) is 0 Å². The summed E-state index contributed by atoms with van der Waals surface area (Å²) in [5.74, 6) is -0.978.